The van der Waals surface area contributed by atoms with Gasteiger partial charge in [0.1, 0.15) is 17.2 Å². The number of benzene rings is 3. The number of methoxy groups -OCH3 is 3. The second kappa shape index (κ2) is 11.0. The van der Waals surface area contributed by atoms with E-state index in [1.807, 2.05) is 85.8 Å². The molecule has 5 nitrogen and oxygen atoms in total. The monoisotopic (exact) mass is 431 g/mol. The SMILES string of the molecule is CCC(=O)N(Cc1c(C=Cc2ccc(OC)cc2)cc(OC)cc1OC)c1ccccc1. The molecule has 3 aromatic carbocycles. The molecule has 0 atom stereocenters. The fourth-order valence-electron chi connectivity index (χ4n) is 3.44. The van der Waals surface area contributed by atoms with Gasteiger partial charge < -0.3 is 19.1 Å². The Balaban J connectivity index is 2.04. The van der Waals surface area contributed by atoms with E-state index in [9.17, 15) is 4.79 Å². The van der Waals surface area contributed by atoms with Crippen LogP contribution in [0.25, 0.3) is 12.2 Å². The van der Waals surface area contributed by atoms with Crippen molar-refractivity contribution in [2.45, 2.75) is 19.9 Å². The van der Waals surface area contributed by atoms with Crippen LogP contribution in [0.1, 0.15) is 30.0 Å². The largest absolute Gasteiger partial charge is 0.497 e. The molecule has 0 spiro atoms. The fourth-order valence-corrected chi connectivity index (χ4v) is 3.44. The number of hydrogen-bond acceptors (Lipinski definition) is 4. The number of carbonyl (C=O) groups is 1. The van der Waals surface area contributed by atoms with Gasteiger partial charge in [-0.25, -0.2) is 0 Å². The van der Waals surface area contributed by atoms with Crippen LogP contribution in [-0.2, 0) is 11.3 Å². The molecule has 0 radical (unpaired) electrons. The highest BCUT2D eigenvalue weighted by Gasteiger charge is 2.19. The normalized spacial score (nSPS) is 10.8. The smallest absolute Gasteiger partial charge is 0.227 e. The highest BCUT2D eigenvalue weighted by molar-refractivity contribution is 5.93. The van der Waals surface area contributed by atoms with Crippen molar-refractivity contribution >= 4 is 23.7 Å². The van der Waals surface area contributed by atoms with Crippen molar-refractivity contribution in [2.24, 2.45) is 0 Å². The van der Waals surface area contributed by atoms with E-state index in [0.29, 0.717) is 24.5 Å². The molecule has 0 aliphatic rings. The van der Waals surface area contributed by atoms with Crippen LogP contribution in [0.5, 0.6) is 17.2 Å². The van der Waals surface area contributed by atoms with Gasteiger partial charge in [-0.15, -0.1) is 0 Å². The summed E-state index contributed by atoms with van der Waals surface area (Å²) in [6, 6.07) is 21.3. The van der Waals surface area contributed by atoms with Crippen molar-refractivity contribution in [3.8, 4) is 17.2 Å². The van der Waals surface area contributed by atoms with Gasteiger partial charge in [-0.2, -0.15) is 0 Å². The van der Waals surface area contributed by atoms with Crippen molar-refractivity contribution in [3.05, 3.63) is 83.4 Å². The summed E-state index contributed by atoms with van der Waals surface area (Å²) < 4.78 is 16.4. The molecule has 0 saturated heterocycles. The summed E-state index contributed by atoms with van der Waals surface area (Å²) in [5, 5.41) is 0. The molecule has 3 aromatic rings. The van der Waals surface area contributed by atoms with Gasteiger partial charge in [0.25, 0.3) is 0 Å². The summed E-state index contributed by atoms with van der Waals surface area (Å²) in [5.74, 6) is 2.21. The lowest BCUT2D eigenvalue weighted by molar-refractivity contribution is -0.118. The zero-order chi connectivity index (χ0) is 22.9. The molecular weight excluding hydrogens is 402 g/mol. The third-order valence-electron chi connectivity index (χ3n) is 5.23. The number of carbonyl (C=O) groups excluding carboxylic acids is 1. The third kappa shape index (κ3) is 5.49. The van der Waals surface area contributed by atoms with Gasteiger partial charge in [-0.3, -0.25) is 4.79 Å². The second-order valence-corrected chi connectivity index (χ2v) is 7.17. The first kappa shape index (κ1) is 22.9. The molecule has 0 bridgehead atoms. The van der Waals surface area contributed by atoms with E-state index in [0.717, 1.165) is 28.1 Å². The van der Waals surface area contributed by atoms with Crippen molar-refractivity contribution in [1.29, 1.82) is 0 Å². The minimum Gasteiger partial charge on any atom is -0.497 e. The molecule has 0 aromatic heterocycles. The second-order valence-electron chi connectivity index (χ2n) is 7.17. The first-order valence-electron chi connectivity index (χ1n) is 10.5. The van der Waals surface area contributed by atoms with Crippen molar-refractivity contribution < 1.29 is 19.0 Å². The molecule has 0 aliphatic carbocycles. The molecule has 3 rings (SSSR count). The predicted molar refractivity (Wildman–Crippen MR) is 129 cm³/mol. The number of ether oxygens (including phenoxy) is 3. The molecular formula is C27H29NO4. The first-order chi connectivity index (χ1) is 15.6. The third-order valence-corrected chi connectivity index (χ3v) is 5.23. The molecule has 0 N–H and O–H groups in total. The Labute approximate surface area is 189 Å². The Morgan fingerprint density at radius 3 is 2.12 bits per heavy atom. The quantitative estimate of drug-likeness (QED) is 0.400. The average Bonchev–Trinajstić information content (AvgIpc) is 2.86. The van der Waals surface area contributed by atoms with E-state index in [-0.39, 0.29) is 5.91 Å². The summed E-state index contributed by atoms with van der Waals surface area (Å²) in [6.07, 6.45) is 4.44. The van der Waals surface area contributed by atoms with Crippen LogP contribution in [-0.4, -0.2) is 27.2 Å². The van der Waals surface area contributed by atoms with E-state index < -0.39 is 0 Å². The molecule has 1 amide bonds. The van der Waals surface area contributed by atoms with Crippen LogP contribution in [0.4, 0.5) is 5.69 Å². The molecule has 0 aliphatic heterocycles. The Hall–Kier alpha value is -3.73. The number of amides is 1. The van der Waals surface area contributed by atoms with Crippen LogP contribution in [0.15, 0.2) is 66.7 Å². The lowest BCUT2D eigenvalue weighted by Crippen LogP contribution is -2.30. The lowest BCUT2D eigenvalue weighted by atomic mass is 10.0. The molecule has 32 heavy (non-hydrogen) atoms. The van der Waals surface area contributed by atoms with Gasteiger partial charge in [0.15, 0.2) is 0 Å². The number of nitrogens with zero attached hydrogens (tertiary/aromatic N) is 1. The van der Waals surface area contributed by atoms with Crippen molar-refractivity contribution in [2.75, 3.05) is 26.2 Å². The maximum atomic E-state index is 12.8. The first-order valence-corrected chi connectivity index (χ1v) is 10.5. The van der Waals surface area contributed by atoms with Crippen LogP contribution in [0.3, 0.4) is 0 Å². The van der Waals surface area contributed by atoms with Crippen molar-refractivity contribution in [3.63, 3.8) is 0 Å². The van der Waals surface area contributed by atoms with E-state index >= 15 is 0 Å². The summed E-state index contributed by atoms with van der Waals surface area (Å²) >= 11 is 0. The highest BCUT2D eigenvalue weighted by Crippen LogP contribution is 2.33. The molecule has 166 valence electrons. The average molecular weight is 432 g/mol. The molecule has 0 heterocycles. The summed E-state index contributed by atoms with van der Waals surface area (Å²) in [4.78, 5) is 14.6. The predicted octanol–water partition coefficient (Wildman–Crippen LogP) is 5.83. The number of anilines is 1. The molecule has 0 unspecified atom stereocenters. The summed E-state index contributed by atoms with van der Waals surface area (Å²) in [7, 11) is 4.90. The maximum Gasteiger partial charge on any atom is 0.227 e. The number of hydrogen-bond donors (Lipinski definition) is 0. The Kier molecular flexibility index (Phi) is 7.92. The number of para-hydroxylation sites is 1. The zero-order valence-electron chi connectivity index (χ0n) is 19.0. The van der Waals surface area contributed by atoms with Gasteiger partial charge in [0.2, 0.25) is 5.91 Å². The van der Waals surface area contributed by atoms with E-state index in [2.05, 4.69) is 0 Å². The highest BCUT2D eigenvalue weighted by atomic mass is 16.5. The van der Waals surface area contributed by atoms with Gasteiger partial charge >= 0.3 is 0 Å². The summed E-state index contributed by atoms with van der Waals surface area (Å²) in [6.45, 7) is 2.25. The Morgan fingerprint density at radius 2 is 1.53 bits per heavy atom. The minimum absolute atomic E-state index is 0.0409. The van der Waals surface area contributed by atoms with Crippen LogP contribution in [0.2, 0.25) is 0 Å². The lowest BCUT2D eigenvalue weighted by Gasteiger charge is -2.25. The maximum absolute atomic E-state index is 12.8. The standard InChI is InChI=1S/C27H29NO4/c1-5-27(29)28(22-9-7-6-8-10-22)19-25-21(17-24(31-3)18-26(25)32-4)14-11-20-12-15-23(30-2)16-13-20/h6-18H,5,19H2,1-4H3. The van der Waals surface area contributed by atoms with Crippen LogP contribution < -0.4 is 19.1 Å². The topological polar surface area (TPSA) is 48.0 Å². The van der Waals surface area contributed by atoms with E-state index in [1.165, 1.54) is 0 Å². The number of rotatable bonds is 9. The fraction of sp³-hybridized carbons (Fsp3) is 0.222. The van der Waals surface area contributed by atoms with Gasteiger partial charge in [-0.05, 0) is 41.5 Å². The molecule has 0 saturated carbocycles. The van der Waals surface area contributed by atoms with Crippen LogP contribution in [0, 0.1) is 0 Å². The molecule has 0 fully saturated rings. The van der Waals surface area contributed by atoms with E-state index in [1.54, 1.807) is 26.2 Å². The van der Waals surface area contributed by atoms with Gasteiger partial charge in [0, 0.05) is 23.7 Å². The Bertz CT molecular complexity index is 1060. The van der Waals surface area contributed by atoms with Crippen LogP contribution >= 0.6 is 0 Å². The van der Waals surface area contributed by atoms with Gasteiger partial charge in [-0.1, -0.05) is 49.4 Å². The summed E-state index contributed by atoms with van der Waals surface area (Å²) in [5.41, 5.74) is 3.70. The zero-order valence-corrected chi connectivity index (χ0v) is 19.0. The van der Waals surface area contributed by atoms with Crippen molar-refractivity contribution in [1.82, 2.24) is 0 Å². The van der Waals surface area contributed by atoms with Gasteiger partial charge in [0.05, 0.1) is 27.9 Å². The Morgan fingerprint density at radius 1 is 0.844 bits per heavy atom. The molecule has 5 heteroatoms. The minimum atomic E-state index is 0.0409. The van der Waals surface area contributed by atoms with E-state index in [4.69, 9.17) is 14.2 Å².